The number of thiophene rings is 1. The Balaban J connectivity index is 0.00000208. The topological polar surface area (TPSA) is 54.9 Å². The molecule has 0 amide bonds. The summed E-state index contributed by atoms with van der Waals surface area (Å²) >= 11 is 1.76. The van der Waals surface area contributed by atoms with Crippen LogP contribution in [0.5, 0.6) is 11.5 Å². The molecule has 1 aromatic heterocycles. The maximum absolute atomic E-state index is 5.40. The average Bonchev–Trinajstić information content (AvgIpc) is 3.18. The number of nitrogens with one attached hydrogen (secondary N) is 2. The molecule has 0 saturated carbocycles. The van der Waals surface area contributed by atoms with Crippen LogP contribution in [0.1, 0.15) is 22.9 Å². The number of aliphatic imine (C=N–C) groups is 1. The molecule has 0 aliphatic carbocycles. The van der Waals surface area contributed by atoms with E-state index in [9.17, 15) is 0 Å². The molecule has 1 aliphatic rings. The van der Waals surface area contributed by atoms with Crippen molar-refractivity contribution >= 4 is 41.3 Å². The van der Waals surface area contributed by atoms with E-state index in [2.05, 4.69) is 40.9 Å². The lowest BCUT2D eigenvalue weighted by Crippen LogP contribution is -2.36. The first-order valence-electron chi connectivity index (χ1n) is 7.70. The molecule has 3 rings (SSSR count). The number of fused-ring (bicyclic) bond motifs is 1. The zero-order valence-electron chi connectivity index (χ0n) is 13.8. The summed E-state index contributed by atoms with van der Waals surface area (Å²) < 4.78 is 10.7. The van der Waals surface area contributed by atoms with Crippen LogP contribution in [0.15, 0.2) is 34.6 Å². The van der Waals surface area contributed by atoms with E-state index in [1.54, 1.807) is 11.3 Å². The van der Waals surface area contributed by atoms with Crippen molar-refractivity contribution in [2.75, 3.05) is 13.3 Å². The fourth-order valence-corrected chi connectivity index (χ4v) is 3.15. The number of ether oxygens (including phenoxy) is 2. The molecule has 0 fully saturated rings. The number of aryl methyl sites for hydroxylation is 1. The fraction of sp³-hybridized carbons (Fsp3) is 0.353. The quantitative estimate of drug-likeness (QED) is 0.407. The third-order valence-electron chi connectivity index (χ3n) is 3.59. The number of benzene rings is 1. The fourth-order valence-electron chi connectivity index (χ4n) is 2.30. The molecule has 0 unspecified atom stereocenters. The first kappa shape index (κ1) is 18.9. The lowest BCUT2D eigenvalue weighted by molar-refractivity contribution is 0.174. The molecule has 0 atom stereocenters. The summed E-state index contributed by atoms with van der Waals surface area (Å²) in [6.07, 6.45) is 0. The highest BCUT2D eigenvalue weighted by Crippen LogP contribution is 2.32. The van der Waals surface area contributed by atoms with Gasteiger partial charge in [0.2, 0.25) is 6.79 Å². The molecule has 0 radical (unpaired) electrons. The third-order valence-corrected chi connectivity index (χ3v) is 4.61. The van der Waals surface area contributed by atoms with Gasteiger partial charge in [-0.2, -0.15) is 0 Å². The Morgan fingerprint density at radius 2 is 2.04 bits per heavy atom. The van der Waals surface area contributed by atoms with E-state index < -0.39 is 0 Å². The second kappa shape index (κ2) is 9.12. The van der Waals surface area contributed by atoms with Gasteiger partial charge in [0.1, 0.15) is 0 Å². The van der Waals surface area contributed by atoms with Gasteiger partial charge in [-0.3, -0.25) is 0 Å². The molecule has 2 heterocycles. The summed E-state index contributed by atoms with van der Waals surface area (Å²) in [4.78, 5) is 5.97. The molecule has 2 aromatic rings. The highest BCUT2D eigenvalue weighted by atomic mass is 127. The summed E-state index contributed by atoms with van der Waals surface area (Å²) in [7, 11) is 0. The standard InChI is InChI=1S/C17H21N3O2S.HI/c1-3-18-17(20-10-16-12(2)6-7-23-16)19-9-13-4-5-14-15(8-13)22-11-21-14;/h4-8H,3,9-11H2,1-2H3,(H2,18,19,20);1H. The van der Waals surface area contributed by atoms with Crippen LogP contribution in [-0.2, 0) is 13.1 Å². The summed E-state index contributed by atoms with van der Waals surface area (Å²) in [6, 6.07) is 8.07. The maximum Gasteiger partial charge on any atom is 0.231 e. The highest BCUT2D eigenvalue weighted by molar-refractivity contribution is 14.0. The van der Waals surface area contributed by atoms with Gasteiger partial charge in [-0.25, -0.2) is 4.99 Å². The highest BCUT2D eigenvalue weighted by Gasteiger charge is 2.13. The SMILES string of the molecule is CCNC(=NCc1ccc2c(c1)OCO2)NCc1sccc1C.I. The monoisotopic (exact) mass is 459 g/mol. The summed E-state index contributed by atoms with van der Waals surface area (Å²) in [6.45, 7) is 6.70. The van der Waals surface area contributed by atoms with Gasteiger partial charge < -0.3 is 20.1 Å². The predicted octanol–water partition coefficient (Wildman–Crippen LogP) is 3.66. The first-order valence-corrected chi connectivity index (χ1v) is 8.58. The van der Waals surface area contributed by atoms with Crippen LogP contribution < -0.4 is 20.1 Å². The van der Waals surface area contributed by atoms with Crippen molar-refractivity contribution in [3.05, 3.63) is 45.6 Å². The zero-order valence-corrected chi connectivity index (χ0v) is 16.9. The normalized spacial score (nSPS) is 12.7. The van der Waals surface area contributed by atoms with E-state index in [1.165, 1.54) is 10.4 Å². The molecule has 24 heavy (non-hydrogen) atoms. The van der Waals surface area contributed by atoms with E-state index in [1.807, 2.05) is 18.2 Å². The van der Waals surface area contributed by atoms with Crippen LogP contribution in [-0.4, -0.2) is 19.3 Å². The minimum atomic E-state index is 0. The van der Waals surface area contributed by atoms with Crippen LogP contribution in [0.2, 0.25) is 0 Å². The van der Waals surface area contributed by atoms with Gasteiger partial charge >= 0.3 is 0 Å². The second-order valence-corrected chi connectivity index (χ2v) is 6.26. The van der Waals surface area contributed by atoms with Crippen molar-refractivity contribution in [2.45, 2.75) is 26.9 Å². The van der Waals surface area contributed by atoms with Crippen molar-refractivity contribution in [1.82, 2.24) is 10.6 Å². The first-order chi connectivity index (χ1) is 11.3. The molecule has 0 spiro atoms. The van der Waals surface area contributed by atoms with E-state index in [4.69, 9.17) is 9.47 Å². The maximum atomic E-state index is 5.40. The average molecular weight is 459 g/mol. The molecule has 0 saturated heterocycles. The van der Waals surface area contributed by atoms with Crippen LogP contribution in [0.25, 0.3) is 0 Å². The van der Waals surface area contributed by atoms with Crippen LogP contribution in [0, 0.1) is 6.92 Å². The van der Waals surface area contributed by atoms with E-state index in [0.29, 0.717) is 13.3 Å². The molecular weight excluding hydrogens is 437 g/mol. The number of rotatable bonds is 5. The van der Waals surface area contributed by atoms with Gasteiger partial charge in [-0.05, 0) is 48.6 Å². The van der Waals surface area contributed by atoms with E-state index in [0.717, 1.165) is 36.1 Å². The number of guanidine groups is 1. The number of hydrogen-bond donors (Lipinski definition) is 2. The molecule has 2 N–H and O–H groups in total. The van der Waals surface area contributed by atoms with Crippen molar-refractivity contribution in [3.8, 4) is 11.5 Å². The summed E-state index contributed by atoms with van der Waals surface area (Å²) in [5.74, 6) is 2.42. The van der Waals surface area contributed by atoms with Crippen molar-refractivity contribution in [2.24, 2.45) is 4.99 Å². The van der Waals surface area contributed by atoms with Gasteiger partial charge in [0.05, 0.1) is 13.1 Å². The van der Waals surface area contributed by atoms with Crippen molar-refractivity contribution < 1.29 is 9.47 Å². The number of nitrogens with zero attached hydrogens (tertiary/aromatic N) is 1. The van der Waals surface area contributed by atoms with Gasteiger partial charge in [0, 0.05) is 11.4 Å². The molecule has 7 heteroatoms. The lowest BCUT2D eigenvalue weighted by Gasteiger charge is -2.11. The Bertz CT molecular complexity index is 703. The lowest BCUT2D eigenvalue weighted by atomic mass is 10.2. The summed E-state index contributed by atoms with van der Waals surface area (Å²) in [5.41, 5.74) is 2.41. The zero-order chi connectivity index (χ0) is 16.1. The van der Waals surface area contributed by atoms with Gasteiger partial charge in [0.25, 0.3) is 0 Å². The Morgan fingerprint density at radius 1 is 1.21 bits per heavy atom. The molecule has 0 bridgehead atoms. The Kier molecular flexibility index (Phi) is 7.16. The largest absolute Gasteiger partial charge is 0.454 e. The molecule has 1 aliphatic heterocycles. The van der Waals surface area contributed by atoms with E-state index >= 15 is 0 Å². The van der Waals surface area contributed by atoms with Crippen molar-refractivity contribution in [1.29, 1.82) is 0 Å². The Morgan fingerprint density at radius 3 is 2.79 bits per heavy atom. The third kappa shape index (κ3) is 4.76. The summed E-state index contributed by atoms with van der Waals surface area (Å²) in [5, 5.41) is 8.77. The number of hydrogen-bond acceptors (Lipinski definition) is 4. The molecule has 1 aromatic carbocycles. The smallest absolute Gasteiger partial charge is 0.231 e. The molecule has 130 valence electrons. The second-order valence-electron chi connectivity index (χ2n) is 5.26. The van der Waals surface area contributed by atoms with Crippen LogP contribution in [0.4, 0.5) is 0 Å². The van der Waals surface area contributed by atoms with Crippen molar-refractivity contribution in [3.63, 3.8) is 0 Å². The Labute approximate surface area is 163 Å². The van der Waals surface area contributed by atoms with Gasteiger partial charge in [0.15, 0.2) is 17.5 Å². The molecule has 5 nitrogen and oxygen atoms in total. The van der Waals surface area contributed by atoms with Crippen LogP contribution in [0.3, 0.4) is 0 Å². The molecular formula is C17H22IN3O2S. The van der Waals surface area contributed by atoms with Crippen LogP contribution >= 0.6 is 35.3 Å². The predicted molar refractivity (Wildman–Crippen MR) is 109 cm³/mol. The van der Waals surface area contributed by atoms with Gasteiger partial charge in [-0.15, -0.1) is 35.3 Å². The minimum absolute atomic E-state index is 0. The van der Waals surface area contributed by atoms with E-state index in [-0.39, 0.29) is 24.0 Å². The number of halogens is 1. The van der Waals surface area contributed by atoms with Gasteiger partial charge in [-0.1, -0.05) is 6.07 Å². The Hall–Kier alpha value is -1.48. The minimum Gasteiger partial charge on any atom is -0.454 e.